The Morgan fingerprint density at radius 3 is 3.00 bits per heavy atom. The Kier molecular flexibility index (Phi) is 2.99. The van der Waals surface area contributed by atoms with Crippen molar-refractivity contribution in [1.82, 2.24) is 9.97 Å². The van der Waals surface area contributed by atoms with E-state index in [0.717, 1.165) is 35.3 Å². The lowest BCUT2D eigenvalue weighted by atomic mass is 10.2. The third-order valence-electron chi connectivity index (χ3n) is 2.40. The van der Waals surface area contributed by atoms with Crippen molar-refractivity contribution in [3.8, 4) is 0 Å². The molecular formula is C11H15N3O. The molecule has 0 unspecified atom stereocenters. The first-order valence-corrected chi connectivity index (χ1v) is 5.12. The topological polar surface area (TPSA) is 74.9 Å². The Morgan fingerprint density at radius 2 is 2.27 bits per heavy atom. The third-order valence-corrected chi connectivity index (χ3v) is 2.40. The molecule has 0 bridgehead atoms. The molecule has 4 heteroatoms. The number of aromatic nitrogens is 2. The fourth-order valence-electron chi connectivity index (χ4n) is 1.60. The minimum absolute atomic E-state index is 0.199. The largest absolute Gasteiger partial charge is 0.396 e. The maximum atomic E-state index is 8.73. The maximum Gasteiger partial charge on any atom is 0.107 e. The second kappa shape index (κ2) is 4.42. The standard InChI is InChI=1S/C11H15N3O/c12-7-8-3-4-9-10(6-8)14-11(13-9)2-1-5-15/h3-4,6,15H,1-2,5,7,12H2,(H,13,14). The average molecular weight is 205 g/mol. The van der Waals surface area contributed by atoms with Crippen molar-refractivity contribution in [3.05, 3.63) is 29.6 Å². The second-order valence-corrected chi connectivity index (χ2v) is 3.57. The van der Waals surface area contributed by atoms with Gasteiger partial charge in [0.1, 0.15) is 5.82 Å². The van der Waals surface area contributed by atoms with Gasteiger partial charge in [0.25, 0.3) is 0 Å². The van der Waals surface area contributed by atoms with Crippen LogP contribution in [0.1, 0.15) is 17.8 Å². The van der Waals surface area contributed by atoms with Gasteiger partial charge < -0.3 is 15.8 Å². The van der Waals surface area contributed by atoms with Gasteiger partial charge in [0.05, 0.1) is 11.0 Å². The Hall–Kier alpha value is -1.39. The highest BCUT2D eigenvalue weighted by atomic mass is 16.2. The zero-order valence-electron chi connectivity index (χ0n) is 8.53. The fraction of sp³-hybridized carbons (Fsp3) is 0.364. The molecular weight excluding hydrogens is 190 g/mol. The maximum absolute atomic E-state index is 8.73. The highest BCUT2D eigenvalue weighted by molar-refractivity contribution is 5.75. The number of nitrogens with zero attached hydrogens (tertiary/aromatic N) is 1. The van der Waals surface area contributed by atoms with Crippen molar-refractivity contribution in [2.75, 3.05) is 6.61 Å². The van der Waals surface area contributed by atoms with E-state index in [1.807, 2.05) is 18.2 Å². The smallest absolute Gasteiger partial charge is 0.107 e. The lowest BCUT2D eigenvalue weighted by Gasteiger charge is -1.94. The number of aromatic amines is 1. The van der Waals surface area contributed by atoms with Crippen LogP contribution in [0.4, 0.5) is 0 Å². The van der Waals surface area contributed by atoms with Crippen LogP contribution >= 0.6 is 0 Å². The van der Waals surface area contributed by atoms with E-state index in [1.165, 1.54) is 0 Å². The molecule has 0 spiro atoms. The number of hydrogen-bond donors (Lipinski definition) is 3. The summed E-state index contributed by atoms with van der Waals surface area (Å²) in [4.78, 5) is 7.65. The molecule has 0 amide bonds. The van der Waals surface area contributed by atoms with Crippen LogP contribution in [0.3, 0.4) is 0 Å². The first-order chi connectivity index (χ1) is 7.33. The van der Waals surface area contributed by atoms with Crippen LogP contribution in [0, 0.1) is 0 Å². The van der Waals surface area contributed by atoms with Crippen LogP contribution in [0.25, 0.3) is 11.0 Å². The van der Waals surface area contributed by atoms with Gasteiger partial charge in [0.2, 0.25) is 0 Å². The molecule has 1 aromatic heterocycles. The molecule has 4 N–H and O–H groups in total. The molecule has 0 saturated heterocycles. The van der Waals surface area contributed by atoms with Gasteiger partial charge in [-0.2, -0.15) is 0 Å². The van der Waals surface area contributed by atoms with Crippen molar-refractivity contribution < 1.29 is 5.11 Å². The van der Waals surface area contributed by atoms with Crippen LogP contribution in [-0.4, -0.2) is 21.7 Å². The van der Waals surface area contributed by atoms with Gasteiger partial charge in [-0.25, -0.2) is 4.98 Å². The number of hydrogen-bond acceptors (Lipinski definition) is 3. The normalized spacial score (nSPS) is 11.1. The van der Waals surface area contributed by atoms with Crippen molar-refractivity contribution >= 4 is 11.0 Å². The van der Waals surface area contributed by atoms with Crippen molar-refractivity contribution in [2.45, 2.75) is 19.4 Å². The summed E-state index contributed by atoms with van der Waals surface area (Å²) in [5.74, 6) is 0.924. The number of fused-ring (bicyclic) bond motifs is 1. The predicted molar refractivity (Wildman–Crippen MR) is 59.4 cm³/mol. The Bertz CT molecular complexity index is 450. The molecule has 1 aromatic carbocycles. The first-order valence-electron chi connectivity index (χ1n) is 5.12. The van der Waals surface area contributed by atoms with Crippen molar-refractivity contribution in [2.24, 2.45) is 5.73 Å². The molecule has 0 radical (unpaired) electrons. The number of benzene rings is 1. The van der Waals surface area contributed by atoms with Crippen LogP contribution < -0.4 is 5.73 Å². The number of nitrogens with one attached hydrogen (secondary N) is 1. The number of aliphatic hydroxyl groups is 1. The number of nitrogens with two attached hydrogens (primary N) is 1. The zero-order valence-corrected chi connectivity index (χ0v) is 8.53. The third kappa shape index (κ3) is 2.16. The predicted octanol–water partition coefficient (Wildman–Crippen LogP) is 0.946. The molecule has 15 heavy (non-hydrogen) atoms. The first kappa shape index (κ1) is 10.1. The van der Waals surface area contributed by atoms with E-state index in [2.05, 4.69) is 9.97 Å². The molecule has 0 aliphatic carbocycles. The van der Waals surface area contributed by atoms with Gasteiger partial charge in [0, 0.05) is 19.6 Å². The van der Waals surface area contributed by atoms with Gasteiger partial charge in [0.15, 0.2) is 0 Å². The molecule has 80 valence electrons. The summed E-state index contributed by atoms with van der Waals surface area (Å²) in [6, 6.07) is 5.97. The molecule has 0 fully saturated rings. The summed E-state index contributed by atoms with van der Waals surface area (Å²) in [5.41, 5.74) is 8.64. The van der Waals surface area contributed by atoms with E-state index in [4.69, 9.17) is 10.8 Å². The summed E-state index contributed by atoms with van der Waals surface area (Å²) < 4.78 is 0. The van der Waals surface area contributed by atoms with Gasteiger partial charge in [-0.05, 0) is 24.1 Å². The van der Waals surface area contributed by atoms with Crippen LogP contribution in [0.15, 0.2) is 18.2 Å². The van der Waals surface area contributed by atoms with Gasteiger partial charge >= 0.3 is 0 Å². The minimum atomic E-state index is 0.199. The van der Waals surface area contributed by atoms with Crippen molar-refractivity contribution in [1.29, 1.82) is 0 Å². The molecule has 4 nitrogen and oxygen atoms in total. The number of aryl methyl sites for hydroxylation is 1. The van der Waals surface area contributed by atoms with Crippen LogP contribution in [-0.2, 0) is 13.0 Å². The van der Waals surface area contributed by atoms with E-state index >= 15 is 0 Å². The highest BCUT2D eigenvalue weighted by Gasteiger charge is 2.02. The lowest BCUT2D eigenvalue weighted by Crippen LogP contribution is -1.95. The van der Waals surface area contributed by atoms with Gasteiger partial charge in [-0.15, -0.1) is 0 Å². The van der Waals surface area contributed by atoms with Crippen molar-refractivity contribution in [3.63, 3.8) is 0 Å². The van der Waals surface area contributed by atoms with E-state index in [0.29, 0.717) is 6.54 Å². The van der Waals surface area contributed by atoms with E-state index < -0.39 is 0 Å². The van der Waals surface area contributed by atoms with E-state index in [-0.39, 0.29) is 6.61 Å². The van der Waals surface area contributed by atoms with Crippen LogP contribution in [0.2, 0.25) is 0 Å². The van der Waals surface area contributed by atoms with Crippen LogP contribution in [0.5, 0.6) is 0 Å². The number of imidazole rings is 1. The molecule has 2 rings (SSSR count). The Labute approximate surface area is 88.1 Å². The number of rotatable bonds is 4. The summed E-state index contributed by atoms with van der Waals surface area (Å²) in [6.07, 6.45) is 1.52. The van der Waals surface area contributed by atoms with E-state index in [1.54, 1.807) is 0 Å². The average Bonchev–Trinajstić information content (AvgIpc) is 2.67. The summed E-state index contributed by atoms with van der Waals surface area (Å²) >= 11 is 0. The molecule has 0 aliphatic rings. The number of H-pyrrole nitrogens is 1. The molecule has 1 heterocycles. The quantitative estimate of drug-likeness (QED) is 0.695. The Balaban J connectivity index is 2.29. The minimum Gasteiger partial charge on any atom is -0.396 e. The summed E-state index contributed by atoms with van der Waals surface area (Å²) in [7, 11) is 0. The summed E-state index contributed by atoms with van der Waals surface area (Å²) in [5, 5.41) is 8.73. The summed E-state index contributed by atoms with van der Waals surface area (Å²) in [6.45, 7) is 0.742. The highest BCUT2D eigenvalue weighted by Crippen LogP contribution is 2.14. The monoisotopic (exact) mass is 205 g/mol. The second-order valence-electron chi connectivity index (χ2n) is 3.57. The molecule has 0 saturated carbocycles. The SMILES string of the molecule is NCc1ccc2nc(CCCO)[nH]c2c1. The molecule has 0 atom stereocenters. The zero-order chi connectivity index (χ0) is 10.7. The lowest BCUT2D eigenvalue weighted by molar-refractivity contribution is 0.287. The number of aliphatic hydroxyl groups excluding tert-OH is 1. The fourth-order valence-corrected chi connectivity index (χ4v) is 1.60. The molecule has 2 aromatic rings. The Morgan fingerprint density at radius 1 is 1.40 bits per heavy atom. The molecule has 0 aliphatic heterocycles. The van der Waals surface area contributed by atoms with Gasteiger partial charge in [-0.1, -0.05) is 6.07 Å². The van der Waals surface area contributed by atoms with E-state index in [9.17, 15) is 0 Å². The van der Waals surface area contributed by atoms with Gasteiger partial charge in [-0.3, -0.25) is 0 Å².